The second-order valence-corrected chi connectivity index (χ2v) is 11.5. The first kappa shape index (κ1) is 24.8. The van der Waals surface area contributed by atoms with Gasteiger partial charge in [-0.25, -0.2) is 8.42 Å². The molecule has 0 spiro atoms. The Morgan fingerprint density at radius 1 is 1.12 bits per heavy atom. The number of para-hydroxylation sites is 1. The summed E-state index contributed by atoms with van der Waals surface area (Å²) in [7, 11) is -1.95. The number of carbonyl (C=O) groups excluding carboxylic acids is 1. The number of nitrogens with zero attached hydrogens (tertiary/aromatic N) is 3. The van der Waals surface area contributed by atoms with E-state index in [4.69, 9.17) is 4.74 Å². The monoisotopic (exact) mass is 501 g/mol. The fourth-order valence-corrected chi connectivity index (χ4v) is 6.82. The Hall–Kier alpha value is -2.33. The molecule has 34 heavy (non-hydrogen) atoms. The molecule has 1 aliphatic rings. The van der Waals surface area contributed by atoms with Gasteiger partial charge in [0.2, 0.25) is 10.0 Å². The zero-order valence-corrected chi connectivity index (χ0v) is 21.3. The molecule has 1 fully saturated rings. The molecule has 0 N–H and O–H groups in total. The Kier molecular flexibility index (Phi) is 7.98. The molecule has 1 amide bonds. The second-order valence-electron chi connectivity index (χ2n) is 8.46. The standard InChI is InChI=1S/C25H31N3O4S2/c1-3-32-18-17-28-22-11-7-8-12-23(22)33-25(28)26-24(29)19-13-15-21(16-14-19)34(30,31)27(2)20-9-5-4-6-10-20/h7-8,11-16,20H,3-6,9-10,17-18H2,1-2H3. The predicted molar refractivity (Wildman–Crippen MR) is 134 cm³/mol. The van der Waals surface area contributed by atoms with Crippen LogP contribution in [0.1, 0.15) is 49.4 Å². The number of thiazole rings is 1. The van der Waals surface area contributed by atoms with Crippen molar-refractivity contribution in [2.24, 2.45) is 4.99 Å². The van der Waals surface area contributed by atoms with Crippen molar-refractivity contribution < 1.29 is 17.9 Å². The molecule has 1 aromatic heterocycles. The molecule has 1 saturated carbocycles. The molecule has 0 unspecified atom stereocenters. The van der Waals surface area contributed by atoms with Crippen molar-refractivity contribution in [3.05, 3.63) is 58.9 Å². The van der Waals surface area contributed by atoms with Crippen LogP contribution in [-0.2, 0) is 21.3 Å². The van der Waals surface area contributed by atoms with Gasteiger partial charge in [0.05, 0.1) is 21.7 Å². The first-order valence-electron chi connectivity index (χ1n) is 11.7. The lowest BCUT2D eigenvalue weighted by Gasteiger charge is -2.30. The van der Waals surface area contributed by atoms with Gasteiger partial charge in [-0.2, -0.15) is 9.30 Å². The van der Waals surface area contributed by atoms with Gasteiger partial charge >= 0.3 is 0 Å². The minimum Gasteiger partial charge on any atom is -0.380 e. The first-order chi connectivity index (χ1) is 16.4. The second kappa shape index (κ2) is 10.9. The van der Waals surface area contributed by atoms with Crippen molar-refractivity contribution in [1.82, 2.24) is 8.87 Å². The minimum atomic E-state index is -3.60. The van der Waals surface area contributed by atoms with Crippen LogP contribution in [0.5, 0.6) is 0 Å². The summed E-state index contributed by atoms with van der Waals surface area (Å²) in [6, 6.07) is 14.1. The number of aromatic nitrogens is 1. The van der Waals surface area contributed by atoms with Gasteiger partial charge in [-0.1, -0.05) is 42.7 Å². The van der Waals surface area contributed by atoms with Crippen LogP contribution in [0.3, 0.4) is 0 Å². The molecule has 7 nitrogen and oxygen atoms in total. The van der Waals surface area contributed by atoms with E-state index < -0.39 is 15.9 Å². The lowest BCUT2D eigenvalue weighted by atomic mass is 9.96. The number of fused-ring (bicyclic) bond motifs is 1. The van der Waals surface area contributed by atoms with Crippen molar-refractivity contribution in [2.75, 3.05) is 20.3 Å². The highest BCUT2D eigenvalue weighted by Crippen LogP contribution is 2.26. The lowest BCUT2D eigenvalue weighted by Crippen LogP contribution is -2.38. The Balaban J connectivity index is 1.58. The summed E-state index contributed by atoms with van der Waals surface area (Å²) in [5, 5.41) is 0. The van der Waals surface area contributed by atoms with Gasteiger partial charge in [0.25, 0.3) is 5.91 Å². The zero-order valence-electron chi connectivity index (χ0n) is 19.6. The number of hydrogen-bond donors (Lipinski definition) is 0. The third-order valence-electron chi connectivity index (χ3n) is 6.32. The molecule has 182 valence electrons. The molecule has 0 aliphatic heterocycles. The van der Waals surface area contributed by atoms with Crippen molar-refractivity contribution in [3.8, 4) is 0 Å². The number of benzene rings is 2. The van der Waals surface area contributed by atoms with E-state index in [1.165, 1.54) is 27.8 Å². The SMILES string of the molecule is CCOCCn1c(=NC(=O)c2ccc(S(=O)(=O)N(C)C3CCCCC3)cc2)sc2ccccc21. The van der Waals surface area contributed by atoms with Crippen LogP contribution in [0.25, 0.3) is 10.2 Å². The summed E-state index contributed by atoms with van der Waals surface area (Å²) in [4.78, 5) is 18.1. The number of hydrogen-bond acceptors (Lipinski definition) is 5. The van der Waals surface area contributed by atoms with Crippen molar-refractivity contribution >= 4 is 37.5 Å². The van der Waals surface area contributed by atoms with Gasteiger partial charge in [-0.3, -0.25) is 4.79 Å². The van der Waals surface area contributed by atoms with E-state index in [0.29, 0.717) is 30.1 Å². The van der Waals surface area contributed by atoms with Crippen molar-refractivity contribution in [3.63, 3.8) is 0 Å². The normalized spacial score (nSPS) is 15.9. The minimum absolute atomic E-state index is 0.0372. The van der Waals surface area contributed by atoms with E-state index in [1.807, 2.05) is 35.8 Å². The molecule has 1 aliphatic carbocycles. The number of sulfonamides is 1. The van der Waals surface area contributed by atoms with Crippen LogP contribution >= 0.6 is 11.3 Å². The van der Waals surface area contributed by atoms with Gasteiger partial charge in [0.1, 0.15) is 0 Å². The van der Waals surface area contributed by atoms with E-state index in [1.54, 1.807) is 19.2 Å². The number of amides is 1. The average Bonchev–Trinajstić information content (AvgIpc) is 3.21. The molecule has 0 bridgehead atoms. The molecule has 2 aromatic carbocycles. The molecule has 0 saturated heterocycles. The average molecular weight is 502 g/mol. The number of carbonyl (C=O) groups is 1. The lowest BCUT2D eigenvalue weighted by molar-refractivity contribution is 0.0996. The summed E-state index contributed by atoms with van der Waals surface area (Å²) in [6.07, 6.45) is 5.06. The van der Waals surface area contributed by atoms with Crippen LogP contribution in [0.15, 0.2) is 58.4 Å². The highest BCUT2D eigenvalue weighted by molar-refractivity contribution is 7.89. The van der Waals surface area contributed by atoms with Crippen LogP contribution in [-0.4, -0.2) is 49.5 Å². The van der Waals surface area contributed by atoms with Gasteiger partial charge in [0.15, 0.2) is 4.80 Å². The quantitative estimate of drug-likeness (QED) is 0.428. The molecular formula is C25H31N3O4S2. The molecule has 0 atom stereocenters. The van der Waals surface area contributed by atoms with Crippen LogP contribution < -0.4 is 4.80 Å². The summed E-state index contributed by atoms with van der Waals surface area (Å²) in [5.74, 6) is -0.402. The van der Waals surface area contributed by atoms with E-state index in [9.17, 15) is 13.2 Å². The fourth-order valence-electron chi connectivity index (χ4n) is 4.35. The molecule has 3 aromatic rings. The van der Waals surface area contributed by atoms with E-state index in [2.05, 4.69) is 4.99 Å². The molecule has 0 radical (unpaired) electrons. The topological polar surface area (TPSA) is 81.0 Å². The van der Waals surface area contributed by atoms with E-state index in [-0.39, 0.29) is 10.9 Å². The maximum absolute atomic E-state index is 13.1. The van der Waals surface area contributed by atoms with Crippen molar-refractivity contribution in [2.45, 2.75) is 56.5 Å². The van der Waals surface area contributed by atoms with Gasteiger partial charge < -0.3 is 9.30 Å². The number of rotatable bonds is 8. The highest BCUT2D eigenvalue weighted by Gasteiger charge is 2.29. The first-order valence-corrected chi connectivity index (χ1v) is 14.0. The molecule has 9 heteroatoms. The summed E-state index contributed by atoms with van der Waals surface area (Å²) >= 11 is 1.45. The van der Waals surface area contributed by atoms with Crippen LogP contribution in [0.4, 0.5) is 0 Å². The summed E-state index contributed by atoms with van der Waals surface area (Å²) < 4.78 is 36.2. The number of ether oxygens (including phenoxy) is 1. The highest BCUT2D eigenvalue weighted by atomic mass is 32.2. The van der Waals surface area contributed by atoms with Crippen molar-refractivity contribution in [1.29, 1.82) is 0 Å². The maximum atomic E-state index is 13.1. The predicted octanol–water partition coefficient (Wildman–Crippen LogP) is 4.43. The molecule has 1 heterocycles. The Morgan fingerprint density at radius 2 is 1.82 bits per heavy atom. The van der Waals surface area contributed by atoms with Gasteiger partial charge in [0, 0.05) is 31.8 Å². The van der Waals surface area contributed by atoms with E-state index >= 15 is 0 Å². The van der Waals surface area contributed by atoms with Gasteiger partial charge in [-0.05, 0) is 56.2 Å². The largest absolute Gasteiger partial charge is 0.380 e. The Morgan fingerprint density at radius 3 is 2.53 bits per heavy atom. The Bertz CT molecular complexity index is 1300. The van der Waals surface area contributed by atoms with Gasteiger partial charge in [-0.15, -0.1) is 0 Å². The Labute approximate surface area is 204 Å². The smallest absolute Gasteiger partial charge is 0.279 e. The molecular weight excluding hydrogens is 470 g/mol. The third kappa shape index (κ3) is 5.33. The van der Waals surface area contributed by atoms with Crippen LogP contribution in [0, 0.1) is 0 Å². The third-order valence-corrected chi connectivity index (χ3v) is 9.30. The fraction of sp³-hybridized carbons (Fsp3) is 0.440. The maximum Gasteiger partial charge on any atom is 0.279 e. The summed E-state index contributed by atoms with van der Waals surface area (Å²) in [5.41, 5.74) is 1.36. The summed E-state index contributed by atoms with van der Waals surface area (Å²) in [6.45, 7) is 3.69. The molecule has 4 rings (SSSR count). The van der Waals surface area contributed by atoms with E-state index in [0.717, 1.165) is 42.3 Å². The zero-order chi connectivity index (χ0) is 24.1. The van der Waals surface area contributed by atoms with Crippen LogP contribution in [0.2, 0.25) is 0 Å².